The van der Waals surface area contributed by atoms with Crippen molar-refractivity contribution in [3.63, 3.8) is 0 Å². The van der Waals surface area contributed by atoms with Crippen LogP contribution in [0.15, 0.2) is 36.4 Å². The van der Waals surface area contributed by atoms with Crippen LogP contribution < -0.4 is 10.6 Å². The van der Waals surface area contributed by atoms with E-state index in [2.05, 4.69) is 15.4 Å². The minimum absolute atomic E-state index is 0.140. The number of aliphatic hydroxyl groups excluding tert-OH is 1. The molecule has 10 heteroatoms. The van der Waals surface area contributed by atoms with Gasteiger partial charge < -0.3 is 25.4 Å². The molecule has 1 unspecified atom stereocenters. The Balaban J connectivity index is 1.61. The van der Waals surface area contributed by atoms with E-state index in [1.54, 1.807) is 30.4 Å². The molecule has 0 radical (unpaired) electrons. The number of halogens is 1. The summed E-state index contributed by atoms with van der Waals surface area (Å²) >= 11 is 5.90. The number of hydrogen-bond acceptors (Lipinski definition) is 6. The number of carbonyl (C=O) groups excluding carboxylic acids is 4. The topological polar surface area (TPSA) is 125 Å². The van der Waals surface area contributed by atoms with Gasteiger partial charge in [-0.2, -0.15) is 0 Å². The van der Waals surface area contributed by atoms with Gasteiger partial charge in [-0.15, -0.1) is 0 Å². The molecule has 9 nitrogen and oxygen atoms in total. The number of aliphatic hydroxyl groups is 1. The highest BCUT2D eigenvalue weighted by molar-refractivity contribution is 6.31. The van der Waals surface area contributed by atoms with Crippen molar-refractivity contribution >= 4 is 35.3 Å². The van der Waals surface area contributed by atoms with Crippen LogP contribution in [0.25, 0.3) is 0 Å². The molecule has 3 atom stereocenters. The van der Waals surface area contributed by atoms with Crippen molar-refractivity contribution in [1.82, 2.24) is 15.5 Å². The zero-order chi connectivity index (χ0) is 21.0. The molecule has 0 saturated carbocycles. The van der Waals surface area contributed by atoms with Crippen LogP contribution in [0, 0.1) is 0 Å². The molecule has 3 N–H and O–H groups in total. The van der Waals surface area contributed by atoms with E-state index in [1.165, 1.54) is 11.0 Å². The maximum Gasteiger partial charge on any atom is 0.310 e. The SMILES string of the molecule is O=C(CN1CC=CC[C@H](NC(=O)c2cccc(Cl)c2)C1=O)N[C@H]1CC(=O)OC1O. The Bertz CT molecular complexity index is 858. The quantitative estimate of drug-likeness (QED) is 0.453. The van der Waals surface area contributed by atoms with E-state index in [9.17, 15) is 24.3 Å². The number of ether oxygens (including phenoxy) is 1. The van der Waals surface area contributed by atoms with Crippen LogP contribution in [-0.2, 0) is 19.1 Å². The zero-order valence-electron chi connectivity index (χ0n) is 15.3. The second-order valence-corrected chi connectivity index (χ2v) is 7.16. The summed E-state index contributed by atoms with van der Waals surface area (Å²) in [5.41, 5.74) is 0.322. The summed E-state index contributed by atoms with van der Waals surface area (Å²) in [4.78, 5) is 49.9. The van der Waals surface area contributed by atoms with Crippen LogP contribution in [0.1, 0.15) is 23.2 Å². The Hall–Kier alpha value is -2.91. The number of hydrogen-bond donors (Lipinski definition) is 3. The lowest BCUT2D eigenvalue weighted by atomic mass is 10.1. The van der Waals surface area contributed by atoms with Crippen LogP contribution in [-0.4, -0.2) is 65.2 Å². The molecular weight excluding hydrogens is 402 g/mol. The molecule has 2 heterocycles. The summed E-state index contributed by atoms with van der Waals surface area (Å²) in [5.74, 6) is -2.02. The third-order valence-corrected chi connectivity index (χ3v) is 4.77. The van der Waals surface area contributed by atoms with E-state index in [4.69, 9.17) is 11.6 Å². The van der Waals surface area contributed by atoms with Crippen LogP contribution in [0.2, 0.25) is 5.02 Å². The Labute approximate surface area is 171 Å². The number of cyclic esters (lactones) is 1. The summed E-state index contributed by atoms with van der Waals surface area (Å²) in [5, 5.41) is 15.1. The molecule has 2 aliphatic rings. The van der Waals surface area contributed by atoms with Gasteiger partial charge in [0, 0.05) is 17.1 Å². The Morgan fingerprint density at radius 3 is 2.72 bits per heavy atom. The number of esters is 1. The van der Waals surface area contributed by atoms with Gasteiger partial charge in [0.05, 0.1) is 13.0 Å². The molecule has 1 fully saturated rings. The molecule has 1 saturated heterocycles. The van der Waals surface area contributed by atoms with E-state index in [0.717, 1.165) is 0 Å². The lowest BCUT2D eigenvalue weighted by Crippen LogP contribution is -2.51. The molecule has 1 aromatic carbocycles. The van der Waals surface area contributed by atoms with Crippen LogP contribution in [0.4, 0.5) is 0 Å². The molecule has 3 amide bonds. The number of nitrogens with one attached hydrogen (secondary N) is 2. The molecule has 29 heavy (non-hydrogen) atoms. The predicted molar refractivity (Wildman–Crippen MR) is 102 cm³/mol. The van der Waals surface area contributed by atoms with Crippen molar-refractivity contribution in [1.29, 1.82) is 0 Å². The highest BCUT2D eigenvalue weighted by atomic mass is 35.5. The van der Waals surface area contributed by atoms with Gasteiger partial charge in [-0.3, -0.25) is 19.2 Å². The average molecular weight is 422 g/mol. The number of rotatable bonds is 5. The van der Waals surface area contributed by atoms with E-state index in [-0.39, 0.29) is 25.9 Å². The van der Waals surface area contributed by atoms with Gasteiger partial charge >= 0.3 is 5.97 Å². The molecule has 0 spiro atoms. The van der Waals surface area contributed by atoms with E-state index in [1.807, 2.05) is 0 Å². The first-order valence-corrected chi connectivity index (χ1v) is 9.38. The maximum absolute atomic E-state index is 12.8. The van der Waals surface area contributed by atoms with Gasteiger partial charge in [0.15, 0.2) is 0 Å². The average Bonchev–Trinajstić information content (AvgIpc) is 2.88. The summed E-state index contributed by atoms with van der Waals surface area (Å²) in [7, 11) is 0. The van der Waals surface area contributed by atoms with Crippen LogP contribution in [0.5, 0.6) is 0 Å². The summed E-state index contributed by atoms with van der Waals surface area (Å²) in [6.45, 7) is -0.0947. The molecule has 0 aromatic heterocycles. The van der Waals surface area contributed by atoms with Gasteiger partial charge in [0.1, 0.15) is 12.1 Å². The predicted octanol–water partition coefficient (Wildman–Crippen LogP) is -0.0230. The van der Waals surface area contributed by atoms with E-state index < -0.39 is 42.1 Å². The van der Waals surface area contributed by atoms with Gasteiger partial charge in [0.2, 0.25) is 18.1 Å². The van der Waals surface area contributed by atoms with Crippen molar-refractivity contribution in [2.75, 3.05) is 13.1 Å². The van der Waals surface area contributed by atoms with Crippen molar-refractivity contribution in [3.05, 3.63) is 47.0 Å². The Kier molecular flexibility index (Phi) is 6.50. The van der Waals surface area contributed by atoms with Gasteiger partial charge in [-0.1, -0.05) is 29.8 Å². The van der Waals surface area contributed by atoms with Crippen molar-refractivity contribution in [3.8, 4) is 0 Å². The van der Waals surface area contributed by atoms with E-state index >= 15 is 0 Å². The number of nitrogens with zero attached hydrogens (tertiary/aromatic N) is 1. The maximum atomic E-state index is 12.8. The fourth-order valence-electron chi connectivity index (χ4n) is 3.07. The molecule has 1 aromatic rings. The second-order valence-electron chi connectivity index (χ2n) is 6.72. The Morgan fingerprint density at radius 2 is 2.03 bits per heavy atom. The van der Waals surface area contributed by atoms with Crippen molar-refractivity contribution in [2.45, 2.75) is 31.2 Å². The normalized spacial score (nSPS) is 24.1. The van der Waals surface area contributed by atoms with Crippen LogP contribution >= 0.6 is 11.6 Å². The highest BCUT2D eigenvalue weighted by Crippen LogP contribution is 2.14. The first-order chi connectivity index (χ1) is 13.8. The summed E-state index contributed by atoms with van der Waals surface area (Å²) in [6, 6.07) is 4.66. The molecule has 0 bridgehead atoms. The number of amides is 3. The standard InChI is InChI=1S/C19H20ClN3O6/c20-12-5-3-4-11(8-12)17(26)22-13-6-1-2-7-23(18(13)27)10-15(24)21-14-9-16(25)29-19(14)28/h1-5,8,13-14,19,28H,6-7,9-10H2,(H,21,24)(H,22,26)/t13-,14-,19?/m0/s1. The minimum atomic E-state index is -1.41. The van der Waals surface area contributed by atoms with Crippen molar-refractivity contribution < 1.29 is 29.0 Å². The lowest BCUT2D eigenvalue weighted by molar-refractivity contribution is -0.155. The number of carbonyl (C=O) groups is 4. The van der Waals surface area contributed by atoms with Gasteiger partial charge in [-0.05, 0) is 24.6 Å². The van der Waals surface area contributed by atoms with Gasteiger partial charge in [0.25, 0.3) is 5.91 Å². The summed E-state index contributed by atoms with van der Waals surface area (Å²) in [6.07, 6.45) is 2.22. The number of benzene rings is 1. The molecular formula is C19H20ClN3O6. The second kappa shape index (κ2) is 9.06. The summed E-state index contributed by atoms with van der Waals surface area (Å²) < 4.78 is 4.57. The minimum Gasteiger partial charge on any atom is -0.434 e. The third kappa shape index (κ3) is 5.33. The first-order valence-electron chi connectivity index (χ1n) is 9.00. The Morgan fingerprint density at radius 1 is 1.24 bits per heavy atom. The van der Waals surface area contributed by atoms with Gasteiger partial charge in [-0.25, -0.2) is 0 Å². The van der Waals surface area contributed by atoms with Crippen molar-refractivity contribution in [2.24, 2.45) is 0 Å². The van der Waals surface area contributed by atoms with Crippen LogP contribution in [0.3, 0.4) is 0 Å². The molecule has 0 aliphatic carbocycles. The zero-order valence-corrected chi connectivity index (χ0v) is 16.1. The fraction of sp³-hybridized carbons (Fsp3) is 0.368. The third-order valence-electron chi connectivity index (χ3n) is 4.53. The monoisotopic (exact) mass is 421 g/mol. The highest BCUT2D eigenvalue weighted by Gasteiger charge is 2.35. The molecule has 154 valence electrons. The van der Waals surface area contributed by atoms with E-state index in [0.29, 0.717) is 10.6 Å². The lowest BCUT2D eigenvalue weighted by Gasteiger charge is -2.25. The smallest absolute Gasteiger partial charge is 0.310 e. The molecule has 3 rings (SSSR count). The fourth-order valence-corrected chi connectivity index (χ4v) is 3.26. The first kappa shape index (κ1) is 20.8. The molecule has 2 aliphatic heterocycles. The largest absolute Gasteiger partial charge is 0.434 e.